The van der Waals surface area contributed by atoms with Gasteiger partial charge in [0.25, 0.3) is 0 Å². The van der Waals surface area contributed by atoms with Crippen LogP contribution in [-0.4, -0.2) is 34.8 Å². The van der Waals surface area contributed by atoms with E-state index in [4.69, 9.17) is 0 Å². The molecule has 0 aliphatic carbocycles. The van der Waals surface area contributed by atoms with Gasteiger partial charge in [-0.25, -0.2) is 4.98 Å². The molecule has 0 saturated carbocycles. The van der Waals surface area contributed by atoms with Crippen LogP contribution in [0.2, 0.25) is 0 Å². The Morgan fingerprint density at radius 1 is 1.26 bits per heavy atom. The van der Waals surface area contributed by atoms with Crippen LogP contribution in [-0.2, 0) is 16.0 Å². The molecule has 1 aliphatic rings. The predicted octanol–water partition coefficient (Wildman–Crippen LogP) is 3.90. The zero-order valence-electron chi connectivity index (χ0n) is 15.8. The standard InChI is InChI=1S/C21H25N3O2S/c1-3-18-15(2)27-21(22-18)23-20(26)17-11-13-24(14-12-17)19(25)10-9-16-7-5-4-6-8-16/h4-10,17H,3,11-14H2,1-2H3,(H,22,23,26). The van der Waals surface area contributed by atoms with Crippen LogP contribution in [0.4, 0.5) is 5.13 Å². The van der Waals surface area contributed by atoms with E-state index in [0.29, 0.717) is 31.1 Å². The summed E-state index contributed by atoms with van der Waals surface area (Å²) >= 11 is 1.52. The summed E-state index contributed by atoms with van der Waals surface area (Å²) in [6, 6.07) is 9.77. The van der Waals surface area contributed by atoms with Crippen molar-refractivity contribution in [3.63, 3.8) is 0 Å². The van der Waals surface area contributed by atoms with E-state index in [2.05, 4.69) is 17.2 Å². The third-order valence-electron chi connectivity index (χ3n) is 4.85. The highest BCUT2D eigenvalue weighted by Crippen LogP contribution is 2.25. The first-order valence-corrected chi connectivity index (χ1v) is 10.2. The second kappa shape index (κ2) is 8.95. The number of nitrogens with one attached hydrogen (secondary N) is 1. The highest BCUT2D eigenvalue weighted by Gasteiger charge is 2.27. The Kier molecular flexibility index (Phi) is 6.40. The second-order valence-corrected chi connectivity index (χ2v) is 7.91. The van der Waals surface area contributed by atoms with E-state index in [9.17, 15) is 9.59 Å². The quantitative estimate of drug-likeness (QED) is 0.797. The maximum atomic E-state index is 12.5. The van der Waals surface area contributed by atoms with Crippen molar-refractivity contribution in [2.75, 3.05) is 18.4 Å². The summed E-state index contributed by atoms with van der Waals surface area (Å²) in [5, 5.41) is 3.63. The SMILES string of the molecule is CCc1nc(NC(=O)C2CCN(C(=O)C=Cc3ccccc3)CC2)sc1C. The molecule has 1 aromatic carbocycles. The average molecular weight is 384 g/mol. The predicted molar refractivity (Wildman–Crippen MR) is 110 cm³/mol. The molecule has 1 N–H and O–H groups in total. The highest BCUT2D eigenvalue weighted by atomic mass is 32.1. The van der Waals surface area contributed by atoms with Crippen LogP contribution in [0.3, 0.4) is 0 Å². The van der Waals surface area contributed by atoms with Crippen LogP contribution in [0, 0.1) is 12.8 Å². The van der Waals surface area contributed by atoms with Crippen LogP contribution in [0.5, 0.6) is 0 Å². The summed E-state index contributed by atoms with van der Waals surface area (Å²) in [4.78, 5) is 32.3. The summed E-state index contributed by atoms with van der Waals surface area (Å²) in [6.07, 6.45) is 5.68. The lowest BCUT2D eigenvalue weighted by molar-refractivity contribution is -0.130. The summed E-state index contributed by atoms with van der Waals surface area (Å²) in [7, 11) is 0. The average Bonchev–Trinajstić information content (AvgIpc) is 3.06. The van der Waals surface area contributed by atoms with Crippen LogP contribution >= 0.6 is 11.3 Å². The molecule has 0 atom stereocenters. The van der Waals surface area contributed by atoms with Crippen LogP contribution in [0.25, 0.3) is 6.08 Å². The van der Waals surface area contributed by atoms with Crippen molar-refractivity contribution in [1.82, 2.24) is 9.88 Å². The molecule has 1 saturated heterocycles. The lowest BCUT2D eigenvalue weighted by atomic mass is 9.96. The number of carbonyl (C=O) groups excluding carboxylic acids is 2. The van der Waals surface area contributed by atoms with Gasteiger partial charge in [0.2, 0.25) is 11.8 Å². The number of amides is 2. The van der Waals surface area contributed by atoms with Crippen LogP contribution in [0.1, 0.15) is 35.9 Å². The van der Waals surface area contributed by atoms with Crippen molar-refractivity contribution >= 4 is 34.4 Å². The van der Waals surface area contributed by atoms with Gasteiger partial charge in [-0.2, -0.15) is 0 Å². The second-order valence-electron chi connectivity index (χ2n) is 6.71. The van der Waals surface area contributed by atoms with E-state index in [1.807, 2.05) is 48.2 Å². The van der Waals surface area contributed by atoms with E-state index in [0.717, 1.165) is 22.6 Å². The summed E-state index contributed by atoms with van der Waals surface area (Å²) in [6.45, 7) is 5.30. The molecule has 0 unspecified atom stereocenters. The number of anilines is 1. The lowest BCUT2D eigenvalue weighted by Gasteiger charge is -2.30. The third kappa shape index (κ3) is 5.04. The van der Waals surface area contributed by atoms with Gasteiger partial charge in [0, 0.05) is 30.0 Å². The number of aromatic nitrogens is 1. The van der Waals surface area contributed by atoms with Crippen molar-refractivity contribution in [3.8, 4) is 0 Å². The fraction of sp³-hybridized carbons (Fsp3) is 0.381. The van der Waals surface area contributed by atoms with E-state index in [-0.39, 0.29) is 17.7 Å². The molecule has 142 valence electrons. The van der Waals surface area contributed by atoms with Gasteiger partial charge in [0.1, 0.15) is 0 Å². The Morgan fingerprint density at radius 3 is 2.59 bits per heavy atom. The lowest BCUT2D eigenvalue weighted by Crippen LogP contribution is -2.40. The maximum Gasteiger partial charge on any atom is 0.246 e. The molecular formula is C21H25N3O2S. The number of likely N-dealkylation sites (tertiary alicyclic amines) is 1. The zero-order valence-corrected chi connectivity index (χ0v) is 16.6. The molecule has 1 aliphatic heterocycles. The van der Waals surface area contributed by atoms with Crippen molar-refractivity contribution in [1.29, 1.82) is 0 Å². The van der Waals surface area contributed by atoms with E-state index < -0.39 is 0 Å². The molecule has 1 fully saturated rings. The molecule has 1 aromatic heterocycles. The van der Waals surface area contributed by atoms with Crippen molar-refractivity contribution in [2.24, 2.45) is 5.92 Å². The Morgan fingerprint density at radius 2 is 1.96 bits per heavy atom. The van der Waals surface area contributed by atoms with E-state index in [1.54, 1.807) is 6.08 Å². The van der Waals surface area contributed by atoms with Gasteiger partial charge in [-0.3, -0.25) is 9.59 Å². The third-order valence-corrected chi connectivity index (χ3v) is 5.78. The number of carbonyl (C=O) groups is 2. The Labute approximate surface area is 164 Å². The minimum atomic E-state index is -0.0681. The van der Waals surface area contributed by atoms with Crippen LogP contribution < -0.4 is 5.32 Å². The minimum Gasteiger partial charge on any atom is -0.339 e. The zero-order chi connectivity index (χ0) is 19.2. The number of hydrogen-bond acceptors (Lipinski definition) is 4. The molecule has 0 bridgehead atoms. The first kappa shape index (κ1) is 19.3. The van der Waals surface area contributed by atoms with Gasteiger partial charge >= 0.3 is 0 Å². The van der Waals surface area contributed by atoms with Gasteiger partial charge in [0.05, 0.1) is 5.69 Å². The number of aryl methyl sites for hydroxylation is 2. The number of nitrogens with zero attached hydrogens (tertiary/aromatic N) is 2. The van der Waals surface area contributed by atoms with E-state index in [1.165, 1.54) is 11.3 Å². The van der Waals surface area contributed by atoms with Gasteiger partial charge in [0.15, 0.2) is 5.13 Å². The summed E-state index contributed by atoms with van der Waals surface area (Å²) < 4.78 is 0. The highest BCUT2D eigenvalue weighted by molar-refractivity contribution is 7.15. The molecule has 2 amide bonds. The fourth-order valence-electron chi connectivity index (χ4n) is 3.22. The molecule has 0 radical (unpaired) electrons. The first-order valence-electron chi connectivity index (χ1n) is 9.36. The van der Waals surface area contributed by atoms with Gasteiger partial charge in [-0.1, -0.05) is 37.3 Å². The van der Waals surface area contributed by atoms with Gasteiger partial charge < -0.3 is 10.2 Å². The molecule has 0 spiro atoms. The molecule has 3 rings (SSSR count). The van der Waals surface area contributed by atoms with Crippen molar-refractivity contribution in [2.45, 2.75) is 33.1 Å². The van der Waals surface area contributed by atoms with Gasteiger partial charge in [-0.15, -0.1) is 11.3 Å². The Bertz CT molecular complexity index is 821. The number of benzene rings is 1. The van der Waals surface area contributed by atoms with Crippen LogP contribution in [0.15, 0.2) is 36.4 Å². The normalized spacial score (nSPS) is 15.3. The number of hydrogen-bond donors (Lipinski definition) is 1. The molecule has 2 aromatic rings. The van der Waals surface area contributed by atoms with E-state index >= 15 is 0 Å². The van der Waals surface area contributed by atoms with Gasteiger partial charge in [-0.05, 0) is 37.8 Å². The molecular weight excluding hydrogens is 358 g/mol. The van der Waals surface area contributed by atoms with Crippen molar-refractivity contribution < 1.29 is 9.59 Å². The smallest absolute Gasteiger partial charge is 0.246 e. The maximum absolute atomic E-state index is 12.5. The topological polar surface area (TPSA) is 62.3 Å². The van der Waals surface area contributed by atoms with Crippen molar-refractivity contribution in [3.05, 3.63) is 52.5 Å². The fourth-order valence-corrected chi connectivity index (χ4v) is 4.12. The monoisotopic (exact) mass is 383 g/mol. The summed E-state index contributed by atoms with van der Waals surface area (Å²) in [5.74, 6) is -0.0550. The molecule has 27 heavy (non-hydrogen) atoms. The Hall–Kier alpha value is -2.47. The molecule has 2 heterocycles. The largest absolute Gasteiger partial charge is 0.339 e. The number of rotatable bonds is 5. The molecule has 5 nitrogen and oxygen atoms in total. The Balaban J connectivity index is 1.49. The number of thiazole rings is 1. The number of piperidine rings is 1. The first-order chi connectivity index (χ1) is 13.1. The molecule has 6 heteroatoms. The summed E-state index contributed by atoms with van der Waals surface area (Å²) in [5.41, 5.74) is 2.05. The minimum absolute atomic E-state index is 0.000784.